The molecule has 17 heavy (non-hydrogen) atoms. The Hall–Kier alpha value is -1.03. The molecule has 1 N–H and O–H groups in total. The van der Waals surface area contributed by atoms with Crippen molar-refractivity contribution in [2.45, 2.75) is 46.1 Å². The van der Waals surface area contributed by atoms with Crippen LogP contribution in [0.1, 0.15) is 39.5 Å². The smallest absolute Gasteiger partial charge is 0.157 e. The topological polar surface area (TPSA) is 39.1 Å². The second-order valence-corrected chi connectivity index (χ2v) is 4.15. The third-order valence-corrected chi connectivity index (χ3v) is 2.70. The molecule has 0 spiro atoms. The van der Waals surface area contributed by atoms with E-state index >= 15 is 0 Å². The number of unbranched alkanes of at least 4 members (excludes halogenated alkanes) is 3. The van der Waals surface area contributed by atoms with Crippen molar-refractivity contribution in [1.29, 1.82) is 0 Å². The number of hydrogen-bond donors (Lipinski definition) is 1. The molecule has 1 rings (SSSR count). The Balaban J connectivity index is 1.93. The van der Waals surface area contributed by atoms with Crippen LogP contribution in [0.15, 0.2) is 12.4 Å². The lowest BCUT2D eigenvalue weighted by Gasteiger charge is -2.03. The van der Waals surface area contributed by atoms with Gasteiger partial charge in [-0.3, -0.25) is 4.68 Å². The Bertz CT molecular complexity index is 286. The Kier molecular flexibility index (Phi) is 7.47. The van der Waals surface area contributed by atoms with Gasteiger partial charge >= 0.3 is 0 Å². The molecule has 0 fully saturated rings. The molecule has 0 aromatic carbocycles. The summed E-state index contributed by atoms with van der Waals surface area (Å²) in [6.45, 7) is 8.13. The van der Waals surface area contributed by atoms with Crippen LogP contribution < -0.4 is 10.1 Å². The van der Waals surface area contributed by atoms with Gasteiger partial charge in [0.15, 0.2) is 5.75 Å². The highest BCUT2D eigenvalue weighted by atomic mass is 16.5. The Morgan fingerprint density at radius 1 is 1.24 bits per heavy atom. The summed E-state index contributed by atoms with van der Waals surface area (Å²) in [5, 5.41) is 7.50. The van der Waals surface area contributed by atoms with Crippen LogP contribution in [0.5, 0.6) is 5.75 Å². The van der Waals surface area contributed by atoms with Crippen LogP contribution in [0.3, 0.4) is 0 Å². The van der Waals surface area contributed by atoms with Gasteiger partial charge in [-0.25, -0.2) is 0 Å². The van der Waals surface area contributed by atoms with Crippen LogP contribution in [-0.2, 0) is 6.54 Å². The third-order valence-electron chi connectivity index (χ3n) is 2.70. The Morgan fingerprint density at radius 2 is 2.06 bits per heavy atom. The SMILES string of the molecule is CCNCCCCCCOc1cnn(CC)c1. The maximum absolute atomic E-state index is 5.62. The monoisotopic (exact) mass is 239 g/mol. The van der Waals surface area contributed by atoms with Gasteiger partial charge in [0.2, 0.25) is 0 Å². The molecular weight excluding hydrogens is 214 g/mol. The molecule has 1 aromatic rings. The van der Waals surface area contributed by atoms with E-state index in [-0.39, 0.29) is 0 Å². The zero-order valence-electron chi connectivity index (χ0n) is 11.1. The van der Waals surface area contributed by atoms with Gasteiger partial charge in [0.25, 0.3) is 0 Å². The second-order valence-electron chi connectivity index (χ2n) is 4.15. The summed E-state index contributed by atoms with van der Waals surface area (Å²) in [6.07, 6.45) is 8.66. The van der Waals surface area contributed by atoms with Crippen molar-refractivity contribution in [2.75, 3.05) is 19.7 Å². The summed E-state index contributed by atoms with van der Waals surface area (Å²) in [6, 6.07) is 0. The zero-order valence-corrected chi connectivity index (χ0v) is 11.1. The van der Waals surface area contributed by atoms with Gasteiger partial charge in [0.05, 0.1) is 19.0 Å². The quantitative estimate of drug-likeness (QED) is 0.637. The zero-order chi connectivity index (χ0) is 12.3. The summed E-state index contributed by atoms with van der Waals surface area (Å²) in [5.41, 5.74) is 0. The fraction of sp³-hybridized carbons (Fsp3) is 0.769. The fourth-order valence-electron chi connectivity index (χ4n) is 1.66. The second kappa shape index (κ2) is 9.05. The highest BCUT2D eigenvalue weighted by Crippen LogP contribution is 2.09. The van der Waals surface area contributed by atoms with Crippen molar-refractivity contribution in [2.24, 2.45) is 0 Å². The molecule has 0 atom stereocenters. The Morgan fingerprint density at radius 3 is 2.76 bits per heavy atom. The molecule has 0 amide bonds. The molecule has 0 unspecified atom stereocenters. The third kappa shape index (κ3) is 6.31. The highest BCUT2D eigenvalue weighted by Gasteiger charge is 1.97. The van der Waals surface area contributed by atoms with Gasteiger partial charge < -0.3 is 10.1 Å². The number of ether oxygens (including phenoxy) is 1. The first-order valence-corrected chi connectivity index (χ1v) is 6.72. The molecule has 1 heterocycles. The summed E-state index contributed by atoms with van der Waals surface area (Å²) in [4.78, 5) is 0. The molecular formula is C13H25N3O. The lowest BCUT2D eigenvalue weighted by Crippen LogP contribution is -2.13. The van der Waals surface area contributed by atoms with Crippen molar-refractivity contribution in [3.8, 4) is 5.75 Å². The first-order valence-electron chi connectivity index (χ1n) is 6.72. The summed E-state index contributed by atoms with van der Waals surface area (Å²) < 4.78 is 7.50. The molecule has 98 valence electrons. The van der Waals surface area contributed by atoms with Crippen LogP contribution in [0.4, 0.5) is 0 Å². The van der Waals surface area contributed by atoms with Crippen LogP contribution in [0.25, 0.3) is 0 Å². The molecule has 0 radical (unpaired) electrons. The lowest BCUT2D eigenvalue weighted by atomic mass is 10.2. The number of nitrogens with one attached hydrogen (secondary N) is 1. The van der Waals surface area contributed by atoms with E-state index in [4.69, 9.17) is 4.74 Å². The average Bonchev–Trinajstić information content (AvgIpc) is 2.80. The number of aryl methyl sites for hydroxylation is 1. The number of rotatable bonds is 10. The fourth-order valence-corrected chi connectivity index (χ4v) is 1.66. The summed E-state index contributed by atoms with van der Waals surface area (Å²) in [7, 11) is 0. The standard InChI is InChI=1S/C13H25N3O/c1-3-14-9-7-5-6-8-10-17-13-11-15-16(4-2)12-13/h11-12,14H,3-10H2,1-2H3. The molecule has 1 aromatic heterocycles. The molecule has 0 aliphatic carbocycles. The van der Waals surface area contributed by atoms with E-state index in [1.165, 1.54) is 19.3 Å². The molecule has 0 bridgehead atoms. The lowest BCUT2D eigenvalue weighted by molar-refractivity contribution is 0.304. The summed E-state index contributed by atoms with van der Waals surface area (Å²) in [5.74, 6) is 0.888. The molecule has 0 saturated heterocycles. The number of hydrogen-bond acceptors (Lipinski definition) is 3. The molecule has 0 saturated carbocycles. The van der Waals surface area contributed by atoms with E-state index in [9.17, 15) is 0 Å². The highest BCUT2D eigenvalue weighted by molar-refractivity contribution is 5.11. The van der Waals surface area contributed by atoms with Crippen molar-refractivity contribution in [1.82, 2.24) is 15.1 Å². The predicted octanol–water partition coefficient (Wildman–Crippen LogP) is 2.45. The van der Waals surface area contributed by atoms with E-state index < -0.39 is 0 Å². The van der Waals surface area contributed by atoms with Crippen LogP contribution in [0, 0.1) is 0 Å². The van der Waals surface area contributed by atoms with Crippen molar-refractivity contribution < 1.29 is 4.74 Å². The first kappa shape index (κ1) is 14.0. The van der Waals surface area contributed by atoms with Gasteiger partial charge in [-0.1, -0.05) is 19.8 Å². The average molecular weight is 239 g/mol. The van der Waals surface area contributed by atoms with E-state index in [2.05, 4.69) is 24.3 Å². The minimum atomic E-state index is 0.802. The normalized spacial score (nSPS) is 10.7. The van der Waals surface area contributed by atoms with Crippen molar-refractivity contribution in [3.63, 3.8) is 0 Å². The number of nitrogens with zero attached hydrogens (tertiary/aromatic N) is 2. The van der Waals surface area contributed by atoms with Gasteiger partial charge in [-0.05, 0) is 32.9 Å². The van der Waals surface area contributed by atoms with E-state index in [0.717, 1.165) is 38.4 Å². The molecule has 0 aliphatic heterocycles. The predicted molar refractivity (Wildman–Crippen MR) is 70.4 cm³/mol. The van der Waals surface area contributed by atoms with E-state index in [1.54, 1.807) is 6.20 Å². The maximum atomic E-state index is 5.62. The van der Waals surface area contributed by atoms with Gasteiger partial charge in [0, 0.05) is 6.54 Å². The van der Waals surface area contributed by atoms with Crippen LogP contribution in [-0.4, -0.2) is 29.5 Å². The van der Waals surface area contributed by atoms with E-state index in [0.29, 0.717) is 0 Å². The molecule has 4 heteroatoms. The van der Waals surface area contributed by atoms with Crippen molar-refractivity contribution >= 4 is 0 Å². The summed E-state index contributed by atoms with van der Waals surface area (Å²) >= 11 is 0. The van der Waals surface area contributed by atoms with Gasteiger partial charge in [-0.15, -0.1) is 0 Å². The Labute approximate surface area is 104 Å². The van der Waals surface area contributed by atoms with Gasteiger partial charge in [0.1, 0.15) is 0 Å². The largest absolute Gasteiger partial charge is 0.490 e. The van der Waals surface area contributed by atoms with Gasteiger partial charge in [-0.2, -0.15) is 5.10 Å². The first-order chi connectivity index (χ1) is 8.36. The number of aromatic nitrogens is 2. The molecule has 4 nitrogen and oxygen atoms in total. The maximum Gasteiger partial charge on any atom is 0.157 e. The minimum absolute atomic E-state index is 0.802. The van der Waals surface area contributed by atoms with Crippen molar-refractivity contribution in [3.05, 3.63) is 12.4 Å². The molecule has 0 aliphatic rings. The van der Waals surface area contributed by atoms with Crippen LogP contribution in [0.2, 0.25) is 0 Å². The van der Waals surface area contributed by atoms with Crippen LogP contribution >= 0.6 is 0 Å². The van der Waals surface area contributed by atoms with E-state index in [1.807, 2.05) is 10.9 Å². The minimum Gasteiger partial charge on any atom is -0.490 e.